The third-order valence-corrected chi connectivity index (χ3v) is 4.74. The molecule has 0 radical (unpaired) electrons. The van der Waals surface area contributed by atoms with E-state index in [9.17, 15) is 4.79 Å². The molecule has 1 aliphatic carbocycles. The van der Waals surface area contributed by atoms with Crippen LogP contribution >= 0.6 is 11.8 Å². The number of hydrogen-bond donors (Lipinski definition) is 2. The van der Waals surface area contributed by atoms with Crippen LogP contribution in [0.5, 0.6) is 5.75 Å². The van der Waals surface area contributed by atoms with E-state index in [0.717, 1.165) is 6.42 Å². The van der Waals surface area contributed by atoms with Crippen molar-refractivity contribution in [3.63, 3.8) is 0 Å². The lowest BCUT2D eigenvalue weighted by Gasteiger charge is -2.19. The predicted molar refractivity (Wildman–Crippen MR) is 84.4 cm³/mol. The third kappa shape index (κ3) is 3.60. The molecule has 4 nitrogen and oxygen atoms in total. The van der Waals surface area contributed by atoms with Crippen LogP contribution < -0.4 is 15.8 Å². The summed E-state index contributed by atoms with van der Waals surface area (Å²) in [7, 11) is 0. The summed E-state index contributed by atoms with van der Waals surface area (Å²) in [6.45, 7) is 2.46. The van der Waals surface area contributed by atoms with Crippen LogP contribution in [0.4, 0.5) is 5.69 Å². The maximum absolute atomic E-state index is 12.3. The summed E-state index contributed by atoms with van der Waals surface area (Å²) in [6.07, 6.45) is 5.51. The molecule has 2 unspecified atom stereocenters. The minimum Gasteiger partial charge on any atom is -0.494 e. The number of amides is 1. The van der Waals surface area contributed by atoms with Crippen molar-refractivity contribution in [2.45, 2.75) is 37.5 Å². The van der Waals surface area contributed by atoms with Crippen LogP contribution in [0.15, 0.2) is 18.2 Å². The highest BCUT2D eigenvalue weighted by Crippen LogP contribution is 2.29. The second-order valence-corrected chi connectivity index (χ2v) is 6.09. The fourth-order valence-corrected chi connectivity index (χ4v) is 3.56. The molecule has 0 bridgehead atoms. The van der Waals surface area contributed by atoms with Crippen molar-refractivity contribution < 1.29 is 9.53 Å². The van der Waals surface area contributed by atoms with E-state index in [0.29, 0.717) is 28.9 Å². The van der Waals surface area contributed by atoms with Gasteiger partial charge in [-0.25, -0.2) is 0 Å². The zero-order valence-corrected chi connectivity index (χ0v) is 12.8. The van der Waals surface area contributed by atoms with E-state index < -0.39 is 0 Å². The van der Waals surface area contributed by atoms with Crippen molar-refractivity contribution in [3.8, 4) is 5.75 Å². The molecule has 1 amide bonds. The molecular weight excluding hydrogens is 272 g/mol. The molecule has 1 aromatic rings. The molecule has 110 valence electrons. The number of benzene rings is 1. The zero-order valence-electron chi connectivity index (χ0n) is 12.0. The first-order valence-electron chi connectivity index (χ1n) is 7.01. The first-order chi connectivity index (χ1) is 9.63. The Morgan fingerprint density at radius 3 is 2.95 bits per heavy atom. The van der Waals surface area contributed by atoms with Crippen molar-refractivity contribution in [2.24, 2.45) is 0 Å². The lowest BCUT2D eigenvalue weighted by atomic mass is 10.1. The number of anilines is 1. The van der Waals surface area contributed by atoms with Crippen LogP contribution in [-0.2, 0) is 0 Å². The van der Waals surface area contributed by atoms with Gasteiger partial charge in [0.05, 0.1) is 6.61 Å². The van der Waals surface area contributed by atoms with Gasteiger partial charge in [0.15, 0.2) is 0 Å². The third-order valence-electron chi connectivity index (χ3n) is 3.57. The standard InChI is InChI=1S/C15H22N2O2S/c1-3-19-12-8-10(7-11(16)9-12)15(18)17-13-5-4-6-14(13)20-2/h7-9,13-14H,3-6,16H2,1-2H3,(H,17,18). The van der Waals surface area contributed by atoms with E-state index in [-0.39, 0.29) is 11.9 Å². The Hall–Kier alpha value is -1.36. The normalized spacial score (nSPS) is 21.7. The Balaban J connectivity index is 2.08. The zero-order chi connectivity index (χ0) is 14.5. The number of nitrogen functional groups attached to an aromatic ring is 1. The van der Waals surface area contributed by atoms with E-state index in [1.165, 1.54) is 12.8 Å². The summed E-state index contributed by atoms with van der Waals surface area (Å²) < 4.78 is 5.43. The van der Waals surface area contributed by atoms with Crippen LogP contribution in [0.1, 0.15) is 36.5 Å². The van der Waals surface area contributed by atoms with Crippen molar-refractivity contribution in [1.29, 1.82) is 0 Å². The molecule has 0 spiro atoms. The first-order valence-corrected chi connectivity index (χ1v) is 8.30. The average Bonchev–Trinajstić information content (AvgIpc) is 2.85. The molecule has 5 heteroatoms. The molecule has 0 saturated heterocycles. The molecule has 1 aromatic carbocycles. The van der Waals surface area contributed by atoms with Gasteiger partial charge in [0.2, 0.25) is 0 Å². The number of nitrogens with two attached hydrogens (primary N) is 1. The summed E-state index contributed by atoms with van der Waals surface area (Å²) in [5.74, 6) is 0.578. The molecule has 3 N–H and O–H groups in total. The van der Waals surface area contributed by atoms with E-state index in [1.54, 1.807) is 18.2 Å². The number of hydrogen-bond acceptors (Lipinski definition) is 4. The van der Waals surface area contributed by atoms with Gasteiger partial charge in [0.1, 0.15) is 5.75 Å². The summed E-state index contributed by atoms with van der Waals surface area (Å²) in [5, 5.41) is 3.64. The van der Waals surface area contributed by atoms with Crippen LogP contribution in [-0.4, -0.2) is 30.1 Å². The molecule has 1 aliphatic rings. The lowest BCUT2D eigenvalue weighted by Crippen LogP contribution is -2.38. The maximum Gasteiger partial charge on any atom is 0.251 e. The highest BCUT2D eigenvalue weighted by atomic mass is 32.2. The van der Waals surface area contributed by atoms with Gasteiger partial charge >= 0.3 is 0 Å². The maximum atomic E-state index is 12.3. The Bertz CT molecular complexity index is 479. The van der Waals surface area contributed by atoms with Crippen molar-refractivity contribution >= 4 is 23.4 Å². The van der Waals surface area contributed by atoms with Crippen molar-refractivity contribution in [2.75, 3.05) is 18.6 Å². The minimum absolute atomic E-state index is 0.0656. The summed E-state index contributed by atoms with van der Waals surface area (Å²) >= 11 is 1.83. The Labute approximate surface area is 124 Å². The van der Waals surface area contributed by atoms with Gasteiger partial charge in [-0.15, -0.1) is 0 Å². The highest BCUT2D eigenvalue weighted by molar-refractivity contribution is 7.99. The minimum atomic E-state index is -0.0656. The predicted octanol–water partition coefficient (Wildman–Crippen LogP) is 2.68. The fourth-order valence-electron chi connectivity index (χ4n) is 2.63. The molecular formula is C15H22N2O2S. The number of thioether (sulfide) groups is 1. The number of carbonyl (C=O) groups is 1. The number of nitrogens with one attached hydrogen (secondary N) is 1. The summed E-state index contributed by atoms with van der Waals surface area (Å²) in [6, 6.07) is 5.44. The Morgan fingerprint density at radius 1 is 1.45 bits per heavy atom. The van der Waals surface area contributed by atoms with Gasteiger partial charge in [-0.05, 0) is 38.2 Å². The average molecular weight is 294 g/mol. The molecule has 0 heterocycles. The number of rotatable bonds is 5. The van der Waals surface area contributed by atoms with Crippen molar-refractivity contribution in [1.82, 2.24) is 5.32 Å². The summed E-state index contributed by atoms with van der Waals surface area (Å²) in [5.41, 5.74) is 6.94. The van der Waals surface area contributed by atoms with Gasteiger partial charge in [0.25, 0.3) is 5.91 Å². The van der Waals surface area contributed by atoms with Crippen LogP contribution in [0, 0.1) is 0 Å². The quantitative estimate of drug-likeness (QED) is 0.820. The Morgan fingerprint density at radius 2 is 2.25 bits per heavy atom. The number of carbonyl (C=O) groups excluding carboxylic acids is 1. The van der Waals surface area contributed by atoms with Gasteiger partial charge in [-0.1, -0.05) is 6.42 Å². The lowest BCUT2D eigenvalue weighted by molar-refractivity contribution is 0.0938. The number of ether oxygens (including phenoxy) is 1. The second kappa shape index (κ2) is 6.88. The van der Waals surface area contributed by atoms with Crippen LogP contribution in [0.25, 0.3) is 0 Å². The molecule has 0 aromatic heterocycles. The van der Waals surface area contributed by atoms with E-state index in [2.05, 4.69) is 11.6 Å². The monoisotopic (exact) mass is 294 g/mol. The van der Waals surface area contributed by atoms with Crippen LogP contribution in [0.3, 0.4) is 0 Å². The first kappa shape index (κ1) is 15.0. The van der Waals surface area contributed by atoms with Gasteiger partial charge < -0.3 is 15.8 Å². The smallest absolute Gasteiger partial charge is 0.251 e. The van der Waals surface area contributed by atoms with E-state index in [4.69, 9.17) is 10.5 Å². The second-order valence-electron chi connectivity index (χ2n) is 5.01. The fraction of sp³-hybridized carbons (Fsp3) is 0.533. The molecule has 1 saturated carbocycles. The molecule has 2 rings (SSSR count). The molecule has 20 heavy (non-hydrogen) atoms. The van der Waals surface area contributed by atoms with E-state index in [1.807, 2.05) is 18.7 Å². The molecule has 1 fully saturated rings. The molecule has 2 atom stereocenters. The van der Waals surface area contributed by atoms with E-state index >= 15 is 0 Å². The largest absolute Gasteiger partial charge is 0.494 e. The summed E-state index contributed by atoms with van der Waals surface area (Å²) in [4.78, 5) is 12.3. The van der Waals surface area contributed by atoms with Gasteiger partial charge in [-0.2, -0.15) is 11.8 Å². The molecule has 0 aliphatic heterocycles. The van der Waals surface area contributed by atoms with Crippen molar-refractivity contribution in [3.05, 3.63) is 23.8 Å². The van der Waals surface area contributed by atoms with Gasteiger partial charge in [-0.3, -0.25) is 4.79 Å². The topological polar surface area (TPSA) is 64.3 Å². The highest BCUT2D eigenvalue weighted by Gasteiger charge is 2.28. The SMILES string of the molecule is CCOc1cc(N)cc(C(=O)NC2CCCC2SC)c1. The Kier molecular flexibility index (Phi) is 5.17. The van der Waals surface area contributed by atoms with Gasteiger partial charge in [0, 0.05) is 28.6 Å². The van der Waals surface area contributed by atoms with Crippen LogP contribution in [0.2, 0.25) is 0 Å².